The summed E-state index contributed by atoms with van der Waals surface area (Å²) >= 11 is 0. The molecule has 10 nitrogen and oxygen atoms in total. The first-order chi connectivity index (χ1) is 15.8. The van der Waals surface area contributed by atoms with E-state index in [1.807, 2.05) is 24.3 Å². The van der Waals surface area contributed by atoms with Crippen molar-refractivity contribution in [1.29, 1.82) is 0 Å². The Kier molecular flexibility index (Phi) is 8.26. The van der Waals surface area contributed by atoms with Crippen molar-refractivity contribution >= 4 is 26.3 Å². The van der Waals surface area contributed by atoms with E-state index in [0.29, 0.717) is 24.2 Å². The summed E-state index contributed by atoms with van der Waals surface area (Å²) in [5.41, 5.74) is 10.7. The van der Waals surface area contributed by atoms with Gasteiger partial charge in [-0.2, -0.15) is 0 Å². The predicted octanol–water partition coefficient (Wildman–Crippen LogP) is 2.66. The van der Waals surface area contributed by atoms with Crippen LogP contribution in [0.25, 0.3) is 5.57 Å². The molecule has 1 aliphatic heterocycles. The summed E-state index contributed by atoms with van der Waals surface area (Å²) < 4.78 is 21.0. The fourth-order valence-corrected chi connectivity index (χ4v) is 3.56. The summed E-state index contributed by atoms with van der Waals surface area (Å²) in [6.45, 7) is 3.12. The zero-order valence-electron chi connectivity index (χ0n) is 18.1. The molecule has 1 unspecified atom stereocenters. The quantitative estimate of drug-likeness (QED) is 0.354. The van der Waals surface area contributed by atoms with Crippen molar-refractivity contribution in [3.05, 3.63) is 83.0 Å². The number of aliphatic imine (C=N–C) groups is 2. The van der Waals surface area contributed by atoms with Crippen LogP contribution in [0.4, 0.5) is 0 Å². The van der Waals surface area contributed by atoms with E-state index >= 15 is 0 Å². The summed E-state index contributed by atoms with van der Waals surface area (Å²) in [4.78, 5) is 27.1. The molecule has 2 heterocycles. The van der Waals surface area contributed by atoms with Gasteiger partial charge in [-0.25, -0.2) is 4.57 Å². The van der Waals surface area contributed by atoms with Crippen molar-refractivity contribution in [3.63, 3.8) is 0 Å². The third-order valence-electron chi connectivity index (χ3n) is 4.82. The van der Waals surface area contributed by atoms with Gasteiger partial charge in [-0.05, 0) is 29.5 Å². The van der Waals surface area contributed by atoms with Crippen LogP contribution in [0, 0.1) is 0 Å². The summed E-state index contributed by atoms with van der Waals surface area (Å²) in [6.07, 6.45) is 9.06. The van der Waals surface area contributed by atoms with E-state index < -0.39 is 14.0 Å². The summed E-state index contributed by atoms with van der Waals surface area (Å²) in [5.74, 6) is 0.477. The van der Waals surface area contributed by atoms with Crippen molar-refractivity contribution in [3.8, 4) is 0 Å². The van der Waals surface area contributed by atoms with Gasteiger partial charge in [-0.1, -0.05) is 35.5 Å². The van der Waals surface area contributed by atoms with Crippen LogP contribution in [-0.2, 0) is 21.9 Å². The average Bonchev–Trinajstić information content (AvgIpc) is 3.22. The minimum absolute atomic E-state index is 0.365. The van der Waals surface area contributed by atoms with E-state index in [1.165, 1.54) is 4.90 Å². The monoisotopic (exact) mass is 471 g/mol. The Morgan fingerprint density at radius 2 is 2.09 bits per heavy atom. The molecule has 0 saturated heterocycles. The Bertz CT molecular complexity index is 1130. The fraction of sp³-hybridized carbons (Fsp3) is 0.227. The molecule has 0 spiro atoms. The van der Waals surface area contributed by atoms with Crippen LogP contribution in [0.3, 0.4) is 0 Å². The number of hydrogen-bond acceptors (Lipinski definition) is 8. The molecule has 174 valence electrons. The highest BCUT2D eigenvalue weighted by atomic mass is 31.2. The summed E-state index contributed by atoms with van der Waals surface area (Å²) in [5, 5.41) is 4.14. The van der Waals surface area contributed by atoms with Crippen molar-refractivity contribution in [2.45, 2.75) is 19.0 Å². The number of nitrogens with zero attached hydrogens (tertiary/aromatic N) is 4. The molecule has 33 heavy (non-hydrogen) atoms. The zero-order valence-corrected chi connectivity index (χ0v) is 19.0. The van der Waals surface area contributed by atoms with Gasteiger partial charge in [0.15, 0.2) is 5.76 Å². The predicted molar refractivity (Wildman–Crippen MR) is 126 cm³/mol. The standard InChI is InChI=1S/C22H26N5O5P/c1-24-13-18(14-25-2)10-16-5-7-17(8-6-16)11-19-12-21(32-26-19)20-4-3-9-27(22(20)23)15-31-33(28,29)30/h3-9,12-14,22H,1,10-11,15,23H2,2H3,(H2,28,29,30)/b18-13-,25-14?. The number of rotatable bonds is 10. The van der Waals surface area contributed by atoms with Crippen molar-refractivity contribution in [2.24, 2.45) is 15.7 Å². The zero-order chi connectivity index (χ0) is 23.8. The highest BCUT2D eigenvalue weighted by Gasteiger charge is 2.25. The highest BCUT2D eigenvalue weighted by molar-refractivity contribution is 7.46. The first kappa shape index (κ1) is 24.5. The van der Waals surface area contributed by atoms with Crippen LogP contribution in [0.15, 0.2) is 75.0 Å². The third-order valence-corrected chi connectivity index (χ3v) is 5.27. The molecule has 11 heteroatoms. The second-order valence-electron chi connectivity index (χ2n) is 7.30. The van der Waals surface area contributed by atoms with Crippen LogP contribution < -0.4 is 5.73 Å². The molecule has 2 aromatic rings. The van der Waals surface area contributed by atoms with Crippen LogP contribution in [-0.4, -0.2) is 52.7 Å². The van der Waals surface area contributed by atoms with Crippen LogP contribution in [0.2, 0.25) is 0 Å². The van der Waals surface area contributed by atoms with Gasteiger partial charge in [0.25, 0.3) is 0 Å². The lowest BCUT2D eigenvalue weighted by Crippen LogP contribution is -2.41. The number of aromatic nitrogens is 1. The van der Waals surface area contributed by atoms with Crippen molar-refractivity contribution < 1.29 is 23.4 Å². The van der Waals surface area contributed by atoms with E-state index in [0.717, 1.165) is 22.4 Å². The second-order valence-corrected chi connectivity index (χ2v) is 8.54. The van der Waals surface area contributed by atoms with E-state index in [-0.39, 0.29) is 6.73 Å². The fourth-order valence-electron chi connectivity index (χ4n) is 3.28. The third kappa shape index (κ3) is 7.18. The van der Waals surface area contributed by atoms with Gasteiger partial charge in [0.2, 0.25) is 0 Å². The molecule has 0 radical (unpaired) electrons. The molecule has 0 saturated carbocycles. The largest absolute Gasteiger partial charge is 0.471 e. The molecule has 0 fully saturated rings. The summed E-state index contributed by atoms with van der Waals surface area (Å²) in [6, 6.07) is 9.94. The Hall–Kier alpha value is -3.14. The molecule has 0 bridgehead atoms. The van der Waals surface area contributed by atoms with E-state index in [9.17, 15) is 4.57 Å². The minimum Gasteiger partial charge on any atom is -0.356 e. The average molecular weight is 471 g/mol. The van der Waals surface area contributed by atoms with Gasteiger partial charge < -0.3 is 24.9 Å². The topological polar surface area (TPSA) is 147 Å². The molecular weight excluding hydrogens is 445 g/mol. The minimum atomic E-state index is -4.61. The van der Waals surface area contributed by atoms with Gasteiger partial charge in [-0.15, -0.1) is 0 Å². The Morgan fingerprint density at radius 1 is 1.36 bits per heavy atom. The van der Waals surface area contributed by atoms with Gasteiger partial charge in [0.1, 0.15) is 12.9 Å². The maximum Gasteiger partial charge on any atom is 0.471 e. The maximum absolute atomic E-state index is 11.0. The first-order valence-corrected chi connectivity index (χ1v) is 11.5. The maximum atomic E-state index is 11.0. The van der Waals surface area contributed by atoms with E-state index in [4.69, 9.17) is 20.0 Å². The van der Waals surface area contributed by atoms with Crippen LogP contribution in [0.5, 0.6) is 0 Å². The van der Waals surface area contributed by atoms with Crippen molar-refractivity contribution in [2.75, 3.05) is 13.8 Å². The Balaban J connectivity index is 1.64. The van der Waals surface area contributed by atoms with Crippen LogP contribution in [0.1, 0.15) is 22.6 Å². The molecule has 0 amide bonds. The Labute approximate surface area is 191 Å². The number of hydrogen-bond donors (Lipinski definition) is 3. The van der Waals surface area contributed by atoms with Crippen LogP contribution >= 0.6 is 7.82 Å². The highest BCUT2D eigenvalue weighted by Crippen LogP contribution is 2.36. The molecule has 1 atom stereocenters. The van der Waals surface area contributed by atoms with Crippen molar-refractivity contribution in [1.82, 2.24) is 10.1 Å². The number of nitrogens with two attached hydrogens (primary N) is 1. The smallest absolute Gasteiger partial charge is 0.356 e. The molecule has 4 N–H and O–H groups in total. The van der Waals surface area contributed by atoms with Gasteiger partial charge in [-0.3, -0.25) is 14.5 Å². The number of phosphoric acid groups is 1. The molecule has 0 aliphatic carbocycles. The number of allylic oxidation sites excluding steroid dienone is 3. The second kappa shape index (κ2) is 11.1. The lowest BCUT2D eigenvalue weighted by Gasteiger charge is -2.30. The van der Waals surface area contributed by atoms with E-state index in [2.05, 4.69) is 26.4 Å². The molecular formula is C22H26N5O5P. The SMILES string of the molecule is C=N/C=C(\C=NC)Cc1ccc(Cc2cc(C3=CC=CN(COP(=O)(O)O)C3N)on2)cc1. The number of benzene rings is 1. The molecule has 1 aliphatic rings. The van der Waals surface area contributed by atoms with Gasteiger partial charge in [0, 0.05) is 50.1 Å². The lowest BCUT2D eigenvalue weighted by atomic mass is 10.0. The normalized spacial score (nSPS) is 17.0. The molecule has 1 aromatic heterocycles. The first-order valence-electron chi connectivity index (χ1n) is 9.99. The number of phosphoric ester groups is 1. The van der Waals surface area contributed by atoms with Gasteiger partial charge in [0.05, 0.1) is 5.69 Å². The Morgan fingerprint density at radius 3 is 2.76 bits per heavy atom. The van der Waals surface area contributed by atoms with Gasteiger partial charge >= 0.3 is 7.82 Å². The molecule has 3 rings (SSSR count). The molecule has 1 aromatic carbocycles. The lowest BCUT2D eigenvalue weighted by molar-refractivity contribution is 0.110. The summed E-state index contributed by atoms with van der Waals surface area (Å²) in [7, 11) is -2.89. The van der Waals surface area contributed by atoms with E-state index in [1.54, 1.807) is 43.9 Å².